The van der Waals surface area contributed by atoms with Crippen molar-refractivity contribution in [3.05, 3.63) is 18.2 Å². The third-order valence-electron chi connectivity index (χ3n) is 3.83. The van der Waals surface area contributed by atoms with Crippen molar-refractivity contribution in [2.75, 3.05) is 32.9 Å². The van der Waals surface area contributed by atoms with Gasteiger partial charge in [0.1, 0.15) is 11.0 Å². The molecule has 1 aromatic carbocycles. The first-order valence-corrected chi connectivity index (χ1v) is 9.98. The zero-order valence-electron chi connectivity index (χ0n) is 15.5. The monoisotopic (exact) mass is 397 g/mol. The fourth-order valence-corrected chi connectivity index (χ4v) is 4.07. The average molecular weight is 397 g/mol. The number of nitrogens with zero attached hydrogens (tertiary/aromatic N) is 4. The molecule has 27 heavy (non-hydrogen) atoms. The zero-order valence-corrected chi connectivity index (χ0v) is 16.3. The molecular formula is C16H23N5O5S. The number of ether oxygens (including phenoxy) is 1. The molecular weight excluding hydrogens is 374 g/mol. The molecule has 148 valence electrons. The standard InChI is InChI=1S/C16H23N5O5S/c1-16(2,3)17-15(22)11-26-21-14-10-12(4-5-13(14)18-19-21)27(23,24)20-6-8-25-9-7-20/h4-5,10H,6-9,11H2,1-3H3,(H,17,22). The molecule has 0 atom stereocenters. The smallest absolute Gasteiger partial charge is 0.261 e. The van der Waals surface area contributed by atoms with Crippen LogP contribution in [-0.2, 0) is 19.6 Å². The van der Waals surface area contributed by atoms with Gasteiger partial charge in [0.05, 0.1) is 18.1 Å². The Morgan fingerprint density at radius 3 is 2.67 bits per heavy atom. The second kappa shape index (κ2) is 7.41. The van der Waals surface area contributed by atoms with E-state index in [-0.39, 0.29) is 22.9 Å². The molecule has 1 aliphatic heterocycles. The summed E-state index contributed by atoms with van der Waals surface area (Å²) in [6, 6.07) is 4.49. The minimum Gasteiger partial charge on any atom is -0.385 e. The molecule has 11 heteroatoms. The molecule has 1 N–H and O–H groups in total. The minimum absolute atomic E-state index is 0.114. The van der Waals surface area contributed by atoms with Crippen molar-refractivity contribution in [1.82, 2.24) is 24.8 Å². The maximum atomic E-state index is 12.8. The summed E-state index contributed by atoms with van der Waals surface area (Å²) in [5.74, 6) is -0.316. The van der Waals surface area contributed by atoms with Crippen LogP contribution in [0.1, 0.15) is 20.8 Å². The summed E-state index contributed by atoms with van der Waals surface area (Å²) in [5.41, 5.74) is 0.449. The van der Waals surface area contributed by atoms with Crippen LogP contribution in [0, 0.1) is 0 Å². The van der Waals surface area contributed by atoms with E-state index in [4.69, 9.17) is 9.57 Å². The van der Waals surface area contributed by atoms with Crippen molar-refractivity contribution in [2.24, 2.45) is 0 Å². The average Bonchev–Trinajstić information content (AvgIpc) is 3.01. The number of carbonyl (C=O) groups excluding carboxylic acids is 1. The highest BCUT2D eigenvalue weighted by Crippen LogP contribution is 2.21. The molecule has 0 spiro atoms. The van der Waals surface area contributed by atoms with Crippen LogP contribution < -0.4 is 10.2 Å². The molecule has 3 rings (SSSR count). The Bertz CT molecular complexity index is 928. The summed E-state index contributed by atoms with van der Waals surface area (Å²) < 4.78 is 32.2. The number of rotatable bonds is 5. The van der Waals surface area contributed by atoms with E-state index in [1.807, 2.05) is 20.8 Å². The first-order chi connectivity index (χ1) is 12.7. The van der Waals surface area contributed by atoms with E-state index in [2.05, 4.69) is 15.6 Å². The molecule has 1 amide bonds. The number of sulfonamides is 1. The molecule has 0 saturated carbocycles. The Hall–Kier alpha value is -2.24. The molecule has 1 saturated heterocycles. The van der Waals surface area contributed by atoms with Gasteiger partial charge in [-0.15, -0.1) is 5.10 Å². The summed E-state index contributed by atoms with van der Waals surface area (Å²) in [4.78, 5) is 18.5. The topological polar surface area (TPSA) is 116 Å². The number of amides is 1. The minimum atomic E-state index is -3.65. The molecule has 0 unspecified atom stereocenters. The van der Waals surface area contributed by atoms with Crippen molar-refractivity contribution in [1.29, 1.82) is 0 Å². The predicted octanol–water partition coefficient (Wildman–Crippen LogP) is -0.204. The lowest BCUT2D eigenvalue weighted by Gasteiger charge is -2.26. The number of nitrogens with one attached hydrogen (secondary N) is 1. The van der Waals surface area contributed by atoms with Crippen LogP contribution in [0.25, 0.3) is 11.0 Å². The van der Waals surface area contributed by atoms with Gasteiger partial charge in [0.15, 0.2) is 6.61 Å². The highest BCUT2D eigenvalue weighted by Gasteiger charge is 2.27. The molecule has 0 aliphatic carbocycles. The Morgan fingerprint density at radius 2 is 2.00 bits per heavy atom. The molecule has 1 fully saturated rings. The molecule has 1 aliphatic rings. The van der Waals surface area contributed by atoms with Crippen LogP contribution in [0.3, 0.4) is 0 Å². The fourth-order valence-electron chi connectivity index (χ4n) is 2.64. The summed E-state index contributed by atoms with van der Waals surface area (Å²) >= 11 is 0. The van der Waals surface area contributed by atoms with Gasteiger partial charge < -0.3 is 14.9 Å². The van der Waals surface area contributed by atoms with Crippen molar-refractivity contribution < 1.29 is 22.8 Å². The van der Waals surface area contributed by atoms with Gasteiger partial charge in [-0.25, -0.2) is 8.42 Å². The maximum absolute atomic E-state index is 12.8. The number of benzene rings is 1. The third-order valence-corrected chi connectivity index (χ3v) is 5.72. The van der Waals surface area contributed by atoms with Gasteiger partial charge in [-0.2, -0.15) is 4.31 Å². The quantitative estimate of drug-likeness (QED) is 0.742. The third kappa shape index (κ3) is 4.54. The van der Waals surface area contributed by atoms with Crippen LogP contribution in [0.4, 0.5) is 0 Å². The maximum Gasteiger partial charge on any atom is 0.261 e. The van der Waals surface area contributed by atoms with Gasteiger partial charge in [-0.3, -0.25) is 4.79 Å². The van der Waals surface area contributed by atoms with Crippen LogP contribution in [-0.4, -0.2) is 72.2 Å². The number of hydrogen-bond donors (Lipinski definition) is 1. The lowest BCUT2D eigenvalue weighted by Crippen LogP contribution is -2.44. The van der Waals surface area contributed by atoms with Crippen LogP contribution >= 0.6 is 0 Å². The fraction of sp³-hybridized carbons (Fsp3) is 0.562. The molecule has 1 aromatic heterocycles. The van der Waals surface area contributed by atoms with Crippen molar-refractivity contribution in [3.63, 3.8) is 0 Å². The summed E-state index contributed by atoms with van der Waals surface area (Å²) in [7, 11) is -3.65. The van der Waals surface area contributed by atoms with Gasteiger partial charge in [0, 0.05) is 18.6 Å². The molecule has 0 bridgehead atoms. The largest absolute Gasteiger partial charge is 0.385 e. The van der Waals surface area contributed by atoms with Crippen molar-refractivity contribution >= 4 is 27.0 Å². The van der Waals surface area contributed by atoms with Crippen molar-refractivity contribution in [2.45, 2.75) is 31.2 Å². The van der Waals surface area contributed by atoms with Crippen LogP contribution in [0.2, 0.25) is 0 Å². The normalized spacial score (nSPS) is 16.4. The van der Waals surface area contributed by atoms with Crippen LogP contribution in [0.5, 0.6) is 0 Å². The number of carbonyl (C=O) groups is 1. The SMILES string of the molecule is CC(C)(C)NC(=O)COn1nnc2ccc(S(=O)(=O)N3CCOCC3)cc21. The Kier molecular flexibility index (Phi) is 5.36. The molecule has 10 nitrogen and oxygen atoms in total. The molecule has 2 aromatic rings. The summed E-state index contributed by atoms with van der Waals surface area (Å²) in [6.07, 6.45) is 0. The van der Waals surface area contributed by atoms with Gasteiger partial charge in [-0.1, -0.05) is 4.85 Å². The summed E-state index contributed by atoms with van der Waals surface area (Å²) in [6.45, 7) is 6.66. The lowest BCUT2D eigenvalue weighted by molar-refractivity contribution is -0.127. The second-order valence-electron chi connectivity index (χ2n) is 7.20. The van der Waals surface area contributed by atoms with Crippen LogP contribution in [0.15, 0.2) is 23.1 Å². The van der Waals surface area contributed by atoms with Gasteiger partial charge in [0.2, 0.25) is 10.0 Å². The summed E-state index contributed by atoms with van der Waals surface area (Å²) in [5, 5.41) is 10.5. The first-order valence-electron chi connectivity index (χ1n) is 8.54. The van der Waals surface area contributed by atoms with E-state index in [9.17, 15) is 13.2 Å². The van der Waals surface area contributed by atoms with E-state index in [1.54, 1.807) is 6.07 Å². The molecule has 0 radical (unpaired) electrons. The molecule has 2 heterocycles. The second-order valence-corrected chi connectivity index (χ2v) is 9.14. The van der Waals surface area contributed by atoms with E-state index in [1.165, 1.54) is 16.4 Å². The Balaban J connectivity index is 1.81. The lowest BCUT2D eigenvalue weighted by atomic mass is 10.1. The van der Waals surface area contributed by atoms with Gasteiger partial charge >= 0.3 is 0 Å². The number of hydrogen-bond acceptors (Lipinski definition) is 7. The number of fused-ring (bicyclic) bond motifs is 1. The van der Waals surface area contributed by atoms with E-state index < -0.39 is 10.0 Å². The Morgan fingerprint density at radius 1 is 1.30 bits per heavy atom. The van der Waals surface area contributed by atoms with E-state index in [0.29, 0.717) is 37.3 Å². The van der Waals surface area contributed by atoms with E-state index in [0.717, 1.165) is 4.85 Å². The Labute approximate surface area is 157 Å². The number of morpholine rings is 1. The highest BCUT2D eigenvalue weighted by molar-refractivity contribution is 7.89. The predicted molar refractivity (Wildman–Crippen MR) is 96.4 cm³/mol. The zero-order chi connectivity index (χ0) is 19.7. The van der Waals surface area contributed by atoms with E-state index >= 15 is 0 Å². The van der Waals surface area contributed by atoms with Gasteiger partial charge in [-0.05, 0) is 44.2 Å². The first kappa shape index (κ1) is 19.5. The van der Waals surface area contributed by atoms with Crippen molar-refractivity contribution in [3.8, 4) is 0 Å². The van der Waals surface area contributed by atoms with Gasteiger partial charge in [0.25, 0.3) is 5.91 Å². The highest BCUT2D eigenvalue weighted by atomic mass is 32.2. The number of aromatic nitrogens is 3.